The molecule has 3 heterocycles. The standard InChI is InChI=1S/C16H18N4O4S/c21-15-5-1-2-7-19(15)13-16(22)18-8-10-20(11-9-18)25(23,24)14-4-3-6-17-12-14/h1-7,12H,8-11,13H2. The maximum atomic E-state index is 12.5. The lowest BCUT2D eigenvalue weighted by Crippen LogP contribution is -2.51. The highest BCUT2D eigenvalue weighted by Gasteiger charge is 2.30. The summed E-state index contributed by atoms with van der Waals surface area (Å²) < 4.78 is 27.8. The molecule has 8 nitrogen and oxygen atoms in total. The lowest BCUT2D eigenvalue weighted by Gasteiger charge is -2.34. The number of carbonyl (C=O) groups excluding carboxylic acids is 1. The molecule has 0 aliphatic carbocycles. The molecule has 3 rings (SSSR count). The first kappa shape index (κ1) is 17.3. The predicted molar refractivity (Wildman–Crippen MR) is 90.3 cm³/mol. The number of sulfonamides is 1. The Morgan fingerprint density at radius 1 is 1.08 bits per heavy atom. The van der Waals surface area contributed by atoms with Crippen LogP contribution in [0, 0.1) is 0 Å². The Morgan fingerprint density at radius 2 is 1.84 bits per heavy atom. The zero-order chi connectivity index (χ0) is 17.9. The molecule has 0 spiro atoms. The lowest BCUT2D eigenvalue weighted by atomic mass is 10.3. The van der Waals surface area contributed by atoms with Crippen LogP contribution in [-0.2, 0) is 21.4 Å². The molecule has 25 heavy (non-hydrogen) atoms. The zero-order valence-corrected chi connectivity index (χ0v) is 14.3. The molecule has 0 bridgehead atoms. The molecular formula is C16H18N4O4S. The number of rotatable bonds is 4. The third kappa shape index (κ3) is 3.77. The van der Waals surface area contributed by atoms with E-state index in [1.807, 2.05) is 0 Å². The number of nitrogens with zero attached hydrogens (tertiary/aromatic N) is 4. The summed E-state index contributed by atoms with van der Waals surface area (Å²) in [4.78, 5) is 29.6. The minimum absolute atomic E-state index is 0.0466. The summed E-state index contributed by atoms with van der Waals surface area (Å²) in [6.07, 6.45) is 4.39. The van der Waals surface area contributed by atoms with Crippen LogP contribution in [0.15, 0.2) is 58.6 Å². The van der Waals surface area contributed by atoms with Crippen molar-refractivity contribution in [2.75, 3.05) is 26.2 Å². The van der Waals surface area contributed by atoms with Crippen LogP contribution in [0.1, 0.15) is 0 Å². The SMILES string of the molecule is O=C(Cn1ccccc1=O)N1CCN(S(=O)(=O)c2cccnc2)CC1. The average molecular weight is 362 g/mol. The molecule has 0 aromatic carbocycles. The number of piperazine rings is 1. The highest BCUT2D eigenvalue weighted by Crippen LogP contribution is 2.16. The summed E-state index contributed by atoms with van der Waals surface area (Å²) in [6, 6.07) is 7.77. The third-order valence-corrected chi connectivity index (χ3v) is 5.95. The predicted octanol–water partition coefficient (Wildman–Crippen LogP) is -0.224. The molecule has 1 aliphatic rings. The van der Waals surface area contributed by atoms with E-state index in [2.05, 4.69) is 4.98 Å². The molecule has 0 atom stereocenters. The molecule has 1 amide bonds. The third-order valence-electron chi connectivity index (χ3n) is 4.07. The van der Waals surface area contributed by atoms with E-state index in [-0.39, 0.29) is 36.0 Å². The van der Waals surface area contributed by atoms with E-state index in [1.54, 1.807) is 29.3 Å². The monoisotopic (exact) mass is 362 g/mol. The number of hydrogen-bond acceptors (Lipinski definition) is 5. The van der Waals surface area contributed by atoms with Gasteiger partial charge in [-0.25, -0.2) is 8.42 Å². The fourth-order valence-electron chi connectivity index (χ4n) is 2.66. The summed E-state index contributed by atoms with van der Waals surface area (Å²) in [5, 5.41) is 0. The molecular weight excluding hydrogens is 344 g/mol. The largest absolute Gasteiger partial charge is 0.339 e. The fourth-order valence-corrected chi connectivity index (χ4v) is 4.05. The van der Waals surface area contributed by atoms with Gasteiger partial charge in [-0.05, 0) is 18.2 Å². The minimum atomic E-state index is -3.60. The normalized spacial score (nSPS) is 15.9. The minimum Gasteiger partial charge on any atom is -0.339 e. The van der Waals surface area contributed by atoms with Gasteiger partial charge >= 0.3 is 0 Å². The van der Waals surface area contributed by atoms with Crippen LogP contribution >= 0.6 is 0 Å². The fraction of sp³-hybridized carbons (Fsp3) is 0.312. The van der Waals surface area contributed by atoms with Crippen molar-refractivity contribution in [3.05, 3.63) is 59.3 Å². The van der Waals surface area contributed by atoms with Crippen molar-refractivity contribution < 1.29 is 13.2 Å². The quantitative estimate of drug-likeness (QED) is 0.750. The van der Waals surface area contributed by atoms with Crippen molar-refractivity contribution in [3.8, 4) is 0 Å². The number of aromatic nitrogens is 2. The Balaban J connectivity index is 1.63. The van der Waals surface area contributed by atoms with Crippen LogP contribution < -0.4 is 5.56 Å². The van der Waals surface area contributed by atoms with Crippen molar-refractivity contribution in [3.63, 3.8) is 0 Å². The van der Waals surface area contributed by atoms with E-state index in [1.165, 1.54) is 33.4 Å². The molecule has 2 aromatic heterocycles. The van der Waals surface area contributed by atoms with Gasteiger partial charge in [-0.2, -0.15) is 4.31 Å². The molecule has 0 saturated carbocycles. The number of hydrogen-bond donors (Lipinski definition) is 0. The molecule has 0 radical (unpaired) electrons. The van der Waals surface area contributed by atoms with Gasteiger partial charge in [0.1, 0.15) is 11.4 Å². The number of amides is 1. The van der Waals surface area contributed by atoms with Gasteiger partial charge in [0.2, 0.25) is 15.9 Å². The molecule has 9 heteroatoms. The number of carbonyl (C=O) groups is 1. The van der Waals surface area contributed by atoms with Gasteiger partial charge < -0.3 is 9.47 Å². The van der Waals surface area contributed by atoms with Gasteiger partial charge in [0.05, 0.1) is 0 Å². The molecule has 1 saturated heterocycles. The highest BCUT2D eigenvalue weighted by atomic mass is 32.2. The van der Waals surface area contributed by atoms with Crippen LogP contribution in [0.3, 0.4) is 0 Å². The first-order valence-corrected chi connectivity index (χ1v) is 9.26. The second-order valence-corrected chi connectivity index (χ2v) is 7.58. The summed E-state index contributed by atoms with van der Waals surface area (Å²) in [5.74, 6) is -0.202. The van der Waals surface area contributed by atoms with Crippen molar-refractivity contribution in [1.29, 1.82) is 0 Å². The Labute approximate surface area is 145 Å². The van der Waals surface area contributed by atoms with Crippen LogP contribution in [0.2, 0.25) is 0 Å². The Kier molecular flexibility index (Phi) is 4.95. The molecule has 0 N–H and O–H groups in total. The van der Waals surface area contributed by atoms with E-state index in [0.29, 0.717) is 13.1 Å². The van der Waals surface area contributed by atoms with E-state index in [0.717, 1.165) is 0 Å². The second-order valence-electron chi connectivity index (χ2n) is 5.64. The van der Waals surface area contributed by atoms with E-state index < -0.39 is 10.0 Å². The smallest absolute Gasteiger partial charge is 0.250 e. The van der Waals surface area contributed by atoms with Crippen LogP contribution in [0.4, 0.5) is 0 Å². The van der Waals surface area contributed by atoms with Gasteiger partial charge in [-0.15, -0.1) is 0 Å². The van der Waals surface area contributed by atoms with Gasteiger partial charge in [0.25, 0.3) is 5.56 Å². The van der Waals surface area contributed by atoms with E-state index in [4.69, 9.17) is 0 Å². The van der Waals surface area contributed by atoms with Crippen LogP contribution in [-0.4, -0.2) is 59.3 Å². The first-order valence-electron chi connectivity index (χ1n) is 7.82. The Hall–Kier alpha value is -2.52. The van der Waals surface area contributed by atoms with E-state index in [9.17, 15) is 18.0 Å². The summed E-state index contributed by atoms with van der Waals surface area (Å²) in [6.45, 7) is 0.966. The van der Waals surface area contributed by atoms with Crippen molar-refractivity contribution in [2.45, 2.75) is 11.4 Å². The van der Waals surface area contributed by atoms with Gasteiger partial charge in [-0.3, -0.25) is 14.6 Å². The molecule has 2 aromatic rings. The van der Waals surface area contributed by atoms with Crippen LogP contribution in [0.25, 0.3) is 0 Å². The molecule has 0 unspecified atom stereocenters. The van der Waals surface area contributed by atoms with Crippen LogP contribution in [0.5, 0.6) is 0 Å². The molecule has 1 fully saturated rings. The summed E-state index contributed by atoms with van der Waals surface area (Å²) >= 11 is 0. The maximum Gasteiger partial charge on any atom is 0.250 e. The molecule has 1 aliphatic heterocycles. The molecule has 132 valence electrons. The lowest BCUT2D eigenvalue weighted by molar-refractivity contribution is -0.133. The van der Waals surface area contributed by atoms with E-state index >= 15 is 0 Å². The summed E-state index contributed by atoms with van der Waals surface area (Å²) in [5.41, 5.74) is -0.242. The van der Waals surface area contributed by atoms with Crippen molar-refractivity contribution >= 4 is 15.9 Å². The average Bonchev–Trinajstić information content (AvgIpc) is 2.64. The van der Waals surface area contributed by atoms with Crippen molar-refractivity contribution in [2.24, 2.45) is 0 Å². The Bertz CT molecular complexity index is 903. The summed E-state index contributed by atoms with van der Waals surface area (Å²) in [7, 11) is -3.60. The van der Waals surface area contributed by atoms with Crippen molar-refractivity contribution in [1.82, 2.24) is 18.8 Å². The second kappa shape index (κ2) is 7.16. The Morgan fingerprint density at radius 3 is 2.48 bits per heavy atom. The van der Waals surface area contributed by atoms with Gasteiger partial charge in [-0.1, -0.05) is 6.07 Å². The van der Waals surface area contributed by atoms with Gasteiger partial charge in [0, 0.05) is 50.8 Å². The first-order chi connectivity index (χ1) is 12.0. The highest BCUT2D eigenvalue weighted by molar-refractivity contribution is 7.89. The topological polar surface area (TPSA) is 92.6 Å². The van der Waals surface area contributed by atoms with Gasteiger partial charge in [0.15, 0.2) is 0 Å². The number of pyridine rings is 2. The zero-order valence-electron chi connectivity index (χ0n) is 13.5. The maximum absolute atomic E-state index is 12.5.